The molecule has 0 bridgehead atoms. The molecule has 0 aliphatic heterocycles. The van der Waals surface area contributed by atoms with Gasteiger partial charge in [-0.15, -0.1) is 0 Å². The van der Waals surface area contributed by atoms with Crippen LogP contribution in [-0.4, -0.2) is 29.8 Å². The van der Waals surface area contributed by atoms with Crippen molar-refractivity contribution < 1.29 is 33.6 Å². The first-order valence-corrected chi connectivity index (χ1v) is 16.3. The highest BCUT2D eigenvalue weighted by Crippen LogP contribution is 2.32. The fourth-order valence-electron chi connectivity index (χ4n) is 5.07. The summed E-state index contributed by atoms with van der Waals surface area (Å²) in [6.45, 7) is 6.27. The second kappa shape index (κ2) is 17.7. The molecule has 7 nitrogen and oxygen atoms in total. The van der Waals surface area contributed by atoms with Crippen LogP contribution in [0.1, 0.15) is 83.0 Å². The molecular formula is C41H44O7. The van der Waals surface area contributed by atoms with E-state index in [1.54, 1.807) is 55.6 Å². The molecule has 4 rings (SSSR count). The predicted molar refractivity (Wildman–Crippen MR) is 188 cm³/mol. The molecule has 7 heteroatoms. The molecule has 0 amide bonds. The molecule has 0 aromatic heterocycles. The number of carbonyl (C=O) groups is 2. The van der Waals surface area contributed by atoms with Gasteiger partial charge in [-0.25, -0.2) is 9.59 Å². The normalized spacial score (nSPS) is 11.7. The predicted octanol–water partition coefficient (Wildman–Crippen LogP) is 8.89. The first kappa shape index (κ1) is 35.7. The van der Waals surface area contributed by atoms with E-state index in [1.807, 2.05) is 80.6 Å². The fourth-order valence-corrected chi connectivity index (χ4v) is 5.07. The summed E-state index contributed by atoms with van der Waals surface area (Å²) in [4.78, 5) is 25.3. The molecule has 0 heterocycles. The van der Waals surface area contributed by atoms with Gasteiger partial charge >= 0.3 is 11.9 Å². The Hall–Kier alpha value is -5.14. The molecule has 1 N–H and O–H groups in total. The summed E-state index contributed by atoms with van der Waals surface area (Å²) in [6.07, 6.45) is 7.78. The molecule has 0 radical (unpaired) electrons. The van der Waals surface area contributed by atoms with Crippen LogP contribution in [0.5, 0.6) is 11.5 Å². The second-order valence-corrected chi connectivity index (χ2v) is 11.4. The van der Waals surface area contributed by atoms with Crippen LogP contribution < -0.4 is 9.47 Å². The Bertz CT molecular complexity index is 1700. The molecule has 0 saturated heterocycles. The third kappa shape index (κ3) is 9.93. The van der Waals surface area contributed by atoms with Gasteiger partial charge < -0.3 is 24.1 Å². The van der Waals surface area contributed by atoms with E-state index >= 15 is 0 Å². The van der Waals surface area contributed by atoms with Gasteiger partial charge in [0.25, 0.3) is 0 Å². The maximum absolute atomic E-state index is 12.7. The molecule has 4 aromatic carbocycles. The van der Waals surface area contributed by atoms with Crippen molar-refractivity contribution in [3.05, 3.63) is 149 Å². The zero-order valence-corrected chi connectivity index (χ0v) is 28.1. The van der Waals surface area contributed by atoms with Crippen LogP contribution in [0.2, 0.25) is 0 Å². The minimum absolute atomic E-state index is 0.00413. The minimum atomic E-state index is -0.831. The summed E-state index contributed by atoms with van der Waals surface area (Å²) in [5.41, 5.74) is 4.30. The SMILES string of the molecule is CC/C(=C/C=C/C(O)(CC)CC)c1cc(OCc2ccc(COC(=O)c3ccccc3)c(COC(=O)c3ccccc3)c2)ccc1OC. The summed E-state index contributed by atoms with van der Waals surface area (Å²) in [5.74, 6) is 0.500. The zero-order chi connectivity index (χ0) is 34.4. The zero-order valence-electron chi connectivity index (χ0n) is 28.1. The van der Waals surface area contributed by atoms with Crippen molar-refractivity contribution in [2.75, 3.05) is 7.11 Å². The summed E-state index contributed by atoms with van der Waals surface area (Å²) < 4.78 is 23.1. The lowest BCUT2D eigenvalue weighted by atomic mass is 9.96. The lowest BCUT2D eigenvalue weighted by Crippen LogP contribution is -2.22. The highest BCUT2D eigenvalue weighted by Gasteiger charge is 2.17. The largest absolute Gasteiger partial charge is 0.496 e. The molecule has 4 aromatic rings. The van der Waals surface area contributed by atoms with E-state index in [9.17, 15) is 14.7 Å². The van der Waals surface area contributed by atoms with E-state index < -0.39 is 17.5 Å². The summed E-state index contributed by atoms with van der Waals surface area (Å²) in [7, 11) is 1.64. The van der Waals surface area contributed by atoms with Gasteiger partial charge in [0.1, 0.15) is 31.3 Å². The van der Waals surface area contributed by atoms with Crippen LogP contribution in [0.15, 0.2) is 115 Å². The maximum Gasteiger partial charge on any atom is 0.338 e. The molecule has 0 aliphatic carbocycles. The summed E-state index contributed by atoms with van der Waals surface area (Å²) in [5, 5.41) is 10.7. The third-order valence-corrected chi connectivity index (χ3v) is 8.24. The van der Waals surface area contributed by atoms with Crippen LogP contribution >= 0.6 is 0 Å². The van der Waals surface area contributed by atoms with Crippen LogP contribution in [0.4, 0.5) is 0 Å². The van der Waals surface area contributed by atoms with Crippen molar-refractivity contribution >= 4 is 17.5 Å². The molecule has 48 heavy (non-hydrogen) atoms. The van der Waals surface area contributed by atoms with E-state index in [2.05, 4.69) is 6.92 Å². The van der Waals surface area contributed by atoms with Crippen molar-refractivity contribution in [1.82, 2.24) is 0 Å². The van der Waals surface area contributed by atoms with Crippen molar-refractivity contribution in [2.24, 2.45) is 0 Å². The quantitative estimate of drug-likeness (QED) is 0.0958. The van der Waals surface area contributed by atoms with E-state index in [4.69, 9.17) is 18.9 Å². The van der Waals surface area contributed by atoms with Gasteiger partial charge in [0.05, 0.1) is 23.8 Å². The monoisotopic (exact) mass is 648 g/mol. The number of benzene rings is 4. The smallest absolute Gasteiger partial charge is 0.338 e. The van der Waals surface area contributed by atoms with Crippen LogP contribution in [0.25, 0.3) is 5.57 Å². The molecule has 0 saturated carbocycles. The number of hydrogen-bond donors (Lipinski definition) is 1. The molecular weight excluding hydrogens is 604 g/mol. The standard InChI is InChI=1S/C41H44O7/c1-5-31(19-14-24-41(44,6-2)7-3)37-26-36(22-23-38(37)45-4)46-27-30-20-21-34(28-47-39(42)32-15-10-8-11-16-32)35(25-30)29-48-40(43)33-17-12-9-13-18-33/h8-26,44H,5-7,27-29H2,1-4H3/b24-14+,31-19-. The van der Waals surface area contributed by atoms with Crippen LogP contribution in [0, 0.1) is 0 Å². The average molecular weight is 649 g/mol. The highest BCUT2D eigenvalue weighted by molar-refractivity contribution is 5.89. The number of esters is 2. The highest BCUT2D eigenvalue weighted by atomic mass is 16.5. The third-order valence-electron chi connectivity index (χ3n) is 8.24. The Morgan fingerprint density at radius 2 is 1.33 bits per heavy atom. The number of methoxy groups -OCH3 is 1. The van der Waals surface area contributed by atoms with Crippen LogP contribution in [-0.2, 0) is 29.3 Å². The van der Waals surface area contributed by atoms with Crippen molar-refractivity contribution in [3.8, 4) is 11.5 Å². The molecule has 0 atom stereocenters. The van der Waals surface area contributed by atoms with Gasteiger partial charge in [0, 0.05) is 5.56 Å². The van der Waals surface area contributed by atoms with Gasteiger partial charge in [-0.2, -0.15) is 0 Å². The van der Waals surface area contributed by atoms with Gasteiger partial charge in [0.15, 0.2) is 0 Å². The van der Waals surface area contributed by atoms with Crippen molar-refractivity contribution in [1.29, 1.82) is 0 Å². The lowest BCUT2D eigenvalue weighted by molar-refractivity contribution is 0.0435. The fraction of sp³-hybridized carbons (Fsp3) is 0.268. The number of hydrogen-bond acceptors (Lipinski definition) is 7. The Morgan fingerprint density at radius 3 is 1.90 bits per heavy atom. The number of aliphatic hydroxyl groups is 1. The number of allylic oxidation sites excluding steroid dienone is 3. The maximum atomic E-state index is 12.7. The first-order valence-electron chi connectivity index (χ1n) is 16.3. The lowest BCUT2D eigenvalue weighted by Gasteiger charge is -2.20. The summed E-state index contributed by atoms with van der Waals surface area (Å²) >= 11 is 0. The number of carbonyl (C=O) groups excluding carboxylic acids is 2. The second-order valence-electron chi connectivity index (χ2n) is 11.4. The van der Waals surface area contributed by atoms with Crippen molar-refractivity contribution in [2.45, 2.75) is 65.5 Å². The summed E-state index contributed by atoms with van der Waals surface area (Å²) in [6, 6.07) is 28.9. The number of rotatable bonds is 16. The van der Waals surface area contributed by atoms with Gasteiger partial charge in [-0.3, -0.25) is 0 Å². The Labute approximate surface area is 283 Å². The van der Waals surface area contributed by atoms with Gasteiger partial charge in [-0.1, -0.05) is 87.5 Å². The van der Waals surface area contributed by atoms with Gasteiger partial charge in [-0.05, 0) is 90.1 Å². The minimum Gasteiger partial charge on any atom is -0.496 e. The van der Waals surface area contributed by atoms with Crippen LogP contribution in [0.3, 0.4) is 0 Å². The first-order chi connectivity index (χ1) is 23.3. The Balaban J connectivity index is 1.53. The molecule has 250 valence electrons. The average Bonchev–Trinajstić information content (AvgIpc) is 3.14. The molecule has 0 aliphatic rings. The molecule has 0 fully saturated rings. The molecule has 0 spiro atoms. The number of ether oxygens (including phenoxy) is 4. The van der Waals surface area contributed by atoms with Gasteiger partial charge in [0.2, 0.25) is 0 Å². The van der Waals surface area contributed by atoms with E-state index in [-0.39, 0.29) is 19.8 Å². The van der Waals surface area contributed by atoms with E-state index in [1.165, 1.54) is 0 Å². The van der Waals surface area contributed by atoms with Crippen molar-refractivity contribution in [3.63, 3.8) is 0 Å². The molecule has 0 unspecified atom stereocenters. The Morgan fingerprint density at radius 1 is 0.729 bits per heavy atom. The van der Waals surface area contributed by atoms with E-state index in [0.717, 1.165) is 34.4 Å². The topological polar surface area (TPSA) is 91.3 Å². The Kier molecular flexibility index (Phi) is 13.2. The van der Waals surface area contributed by atoms with E-state index in [0.29, 0.717) is 35.3 Å².